The van der Waals surface area contributed by atoms with Crippen LogP contribution < -0.4 is 5.32 Å². The van der Waals surface area contributed by atoms with Crippen LogP contribution in [0.1, 0.15) is 11.1 Å². The average molecular weight is 335 g/mol. The van der Waals surface area contributed by atoms with Crippen LogP contribution in [-0.4, -0.2) is 24.1 Å². The molecule has 0 bridgehead atoms. The second-order valence-corrected chi connectivity index (χ2v) is 5.89. The molecule has 0 heterocycles. The number of nitrogens with zero attached hydrogens (tertiary/aromatic N) is 1. The van der Waals surface area contributed by atoms with Gasteiger partial charge in [-0.1, -0.05) is 24.3 Å². The molecule has 0 aliphatic heterocycles. The maximum atomic E-state index is 9.93. The number of aromatic hydroxyl groups is 1. The second kappa shape index (κ2) is 6.77. The first-order chi connectivity index (χ1) is 9.56. The van der Waals surface area contributed by atoms with Crippen LogP contribution in [0.25, 0.3) is 0 Å². The summed E-state index contributed by atoms with van der Waals surface area (Å²) in [5.41, 5.74) is 3.20. The summed E-state index contributed by atoms with van der Waals surface area (Å²) in [4.78, 5) is 2.14. The van der Waals surface area contributed by atoms with E-state index in [2.05, 4.69) is 64.5 Å². The van der Waals surface area contributed by atoms with Crippen LogP contribution in [0.4, 0.5) is 5.69 Å². The van der Waals surface area contributed by atoms with Crippen molar-refractivity contribution in [1.82, 2.24) is 4.90 Å². The fourth-order valence-corrected chi connectivity index (χ4v) is 2.40. The molecule has 2 aromatic rings. The lowest BCUT2D eigenvalue weighted by Crippen LogP contribution is -2.10. The van der Waals surface area contributed by atoms with Gasteiger partial charge in [0.05, 0.1) is 4.47 Å². The largest absolute Gasteiger partial charge is 0.506 e. The predicted molar refractivity (Wildman–Crippen MR) is 87.0 cm³/mol. The molecule has 106 valence electrons. The first-order valence-electron chi connectivity index (χ1n) is 6.50. The molecule has 0 aliphatic rings. The molecule has 0 aromatic heterocycles. The molecule has 0 aliphatic carbocycles. The van der Waals surface area contributed by atoms with Crippen molar-refractivity contribution in [2.24, 2.45) is 0 Å². The van der Waals surface area contributed by atoms with Gasteiger partial charge in [0.15, 0.2) is 0 Å². The summed E-state index contributed by atoms with van der Waals surface area (Å²) < 4.78 is 0.720. The number of halogens is 1. The van der Waals surface area contributed by atoms with E-state index in [9.17, 15) is 5.11 Å². The van der Waals surface area contributed by atoms with Crippen molar-refractivity contribution in [3.05, 3.63) is 58.1 Å². The minimum Gasteiger partial charge on any atom is -0.506 e. The number of hydrogen-bond donors (Lipinski definition) is 2. The molecule has 0 unspecified atom stereocenters. The van der Waals surface area contributed by atoms with E-state index in [1.54, 1.807) is 0 Å². The van der Waals surface area contributed by atoms with Gasteiger partial charge >= 0.3 is 0 Å². The topological polar surface area (TPSA) is 35.5 Å². The van der Waals surface area contributed by atoms with Crippen molar-refractivity contribution in [3.63, 3.8) is 0 Å². The summed E-state index contributed by atoms with van der Waals surface area (Å²) in [6.07, 6.45) is 0. The molecule has 0 spiro atoms. The summed E-state index contributed by atoms with van der Waals surface area (Å²) in [6.45, 7) is 1.53. The molecule has 2 N–H and O–H groups in total. The molecule has 2 rings (SSSR count). The van der Waals surface area contributed by atoms with Gasteiger partial charge in [0, 0.05) is 24.3 Å². The van der Waals surface area contributed by atoms with E-state index < -0.39 is 0 Å². The van der Waals surface area contributed by atoms with Gasteiger partial charge in [0.25, 0.3) is 0 Å². The third-order valence-electron chi connectivity index (χ3n) is 3.01. The number of benzene rings is 2. The Balaban J connectivity index is 1.99. The van der Waals surface area contributed by atoms with Crippen molar-refractivity contribution < 1.29 is 5.11 Å². The monoisotopic (exact) mass is 334 g/mol. The molecule has 3 nitrogen and oxygen atoms in total. The average Bonchev–Trinajstić information content (AvgIpc) is 2.41. The Morgan fingerprint density at radius 1 is 1.10 bits per heavy atom. The first-order valence-corrected chi connectivity index (χ1v) is 7.29. The van der Waals surface area contributed by atoms with Gasteiger partial charge < -0.3 is 15.3 Å². The summed E-state index contributed by atoms with van der Waals surface area (Å²) in [7, 11) is 4.12. The number of phenols is 1. The van der Waals surface area contributed by atoms with Crippen molar-refractivity contribution in [3.8, 4) is 5.75 Å². The summed E-state index contributed by atoms with van der Waals surface area (Å²) in [5, 5.41) is 13.2. The van der Waals surface area contributed by atoms with Crippen LogP contribution in [0, 0.1) is 0 Å². The highest BCUT2D eigenvalue weighted by Crippen LogP contribution is 2.27. The quantitative estimate of drug-likeness (QED) is 0.872. The summed E-state index contributed by atoms with van der Waals surface area (Å²) in [6, 6.07) is 14.0. The van der Waals surface area contributed by atoms with Crippen LogP contribution >= 0.6 is 15.9 Å². The van der Waals surface area contributed by atoms with E-state index in [1.165, 1.54) is 5.56 Å². The number of nitrogens with one attached hydrogen (secondary N) is 1. The Morgan fingerprint density at radius 3 is 2.45 bits per heavy atom. The summed E-state index contributed by atoms with van der Waals surface area (Å²) in [5.74, 6) is 0.296. The Bertz CT molecular complexity index is 567. The van der Waals surface area contributed by atoms with Gasteiger partial charge in [-0.3, -0.25) is 0 Å². The number of anilines is 1. The molecule has 0 fully saturated rings. The number of para-hydroxylation sites is 1. The lowest BCUT2D eigenvalue weighted by atomic mass is 10.1. The van der Waals surface area contributed by atoms with Gasteiger partial charge in [0.2, 0.25) is 0 Å². The fraction of sp³-hybridized carbons (Fsp3) is 0.250. The molecule has 0 saturated carbocycles. The van der Waals surface area contributed by atoms with E-state index in [4.69, 9.17) is 0 Å². The highest BCUT2D eigenvalue weighted by atomic mass is 79.9. The van der Waals surface area contributed by atoms with Crippen LogP contribution in [-0.2, 0) is 13.1 Å². The molecule has 0 amide bonds. The smallest absolute Gasteiger partial charge is 0.134 e. The molecule has 0 radical (unpaired) electrons. The molecule has 0 atom stereocenters. The normalized spacial score (nSPS) is 10.8. The van der Waals surface area contributed by atoms with Crippen LogP contribution in [0.5, 0.6) is 5.75 Å². The van der Waals surface area contributed by atoms with Crippen molar-refractivity contribution in [1.29, 1.82) is 0 Å². The Kier molecular flexibility index (Phi) is 5.04. The van der Waals surface area contributed by atoms with Crippen molar-refractivity contribution in [2.45, 2.75) is 13.1 Å². The lowest BCUT2D eigenvalue weighted by Gasteiger charge is -2.12. The number of phenolic OH excluding ortho intramolecular Hbond substituents is 1. The Hall–Kier alpha value is -1.52. The zero-order valence-electron chi connectivity index (χ0n) is 11.7. The molecule has 0 saturated heterocycles. The maximum absolute atomic E-state index is 9.93. The lowest BCUT2D eigenvalue weighted by molar-refractivity contribution is 0.402. The maximum Gasteiger partial charge on any atom is 0.134 e. The number of rotatable bonds is 5. The third kappa shape index (κ3) is 3.99. The van der Waals surface area contributed by atoms with E-state index in [0.717, 1.165) is 22.3 Å². The predicted octanol–water partition coefficient (Wildman–Crippen LogP) is 3.83. The third-order valence-corrected chi connectivity index (χ3v) is 3.65. The highest BCUT2D eigenvalue weighted by Gasteiger charge is 2.04. The van der Waals surface area contributed by atoms with Crippen LogP contribution in [0.15, 0.2) is 46.9 Å². The molecule has 4 heteroatoms. The Morgan fingerprint density at radius 2 is 1.80 bits per heavy atom. The zero-order valence-corrected chi connectivity index (χ0v) is 13.3. The molecule has 2 aromatic carbocycles. The fourth-order valence-electron chi connectivity index (χ4n) is 1.99. The van der Waals surface area contributed by atoms with E-state index in [-0.39, 0.29) is 0 Å². The van der Waals surface area contributed by atoms with E-state index in [0.29, 0.717) is 12.3 Å². The van der Waals surface area contributed by atoms with E-state index in [1.807, 2.05) is 18.2 Å². The van der Waals surface area contributed by atoms with Gasteiger partial charge in [-0.15, -0.1) is 0 Å². The van der Waals surface area contributed by atoms with E-state index >= 15 is 0 Å². The first kappa shape index (κ1) is 14.9. The minimum absolute atomic E-state index is 0.296. The van der Waals surface area contributed by atoms with Crippen molar-refractivity contribution >= 4 is 21.6 Å². The Labute approximate surface area is 128 Å². The molecular weight excluding hydrogens is 316 g/mol. The summed E-state index contributed by atoms with van der Waals surface area (Å²) >= 11 is 3.32. The van der Waals surface area contributed by atoms with Gasteiger partial charge in [-0.25, -0.2) is 0 Å². The highest BCUT2D eigenvalue weighted by molar-refractivity contribution is 9.10. The molecule has 20 heavy (non-hydrogen) atoms. The van der Waals surface area contributed by atoms with Crippen LogP contribution in [0.3, 0.4) is 0 Å². The zero-order chi connectivity index (χ0) is 14.5. The minimum atomic E-state index is 0.296. The van der Waals surface area contributed by atoms with Gasteiger partial charge in [-0.2, -0.15) is 0 Å². The van der Waals surface area contributed by atoms with Gasteiger partial charge in [-0.05, 0) is 53.8 Å². The van der Waals surface area contributed by atoms with Crippen LogP contribution in [0.2, 0.25) is 0 Å². The molecular formula is C16H19BrN2O. The standard InChI is InChI=1S/C16H19BrN2O/c1-19(2)11-12-6-8-14(9-7-12)18-10-13-4-3-5-15(17)16(13)20/h3-9,18,20H,10-11H2,1-2H3. The SMILES string of the molecule is CN(C)Cc1ccc(NCc2cccc(Br)c2O)cc1. The van der Waals surface area contributed by atoms with Gasteiger partial charge in [0.1, 0.15) is 5.75 Å². The number of hydrogen-bond acceptors (Lipinski definition) is 3. The second-order valence-electron chi connectivity index (χ2n) is 5.04. The van der Waals surface area contributed by atoms with Crippen molar-refractivity contribution in [2.75, 3.05) is 19.4 Å².